The highest BCUT2D eigenvalue weighted by atomic mass is 19.1. The number of aromatic amines is 1. The zero-order valence-electron chi connectivity index (χ0n) is 16.3. The van der Waals surface area contributed by atoms with Gasteiger partial charge in [0.2, 0.25) is 0 Å². The van der Waals surface area contributed by atoms with Crippen molar-refractivity contribution in [1.82, 2.24) is 20.5 Å². The summed E-state index contributed by atoms with van der Waals surface area (Å²) in [6.07, 6.45) is 2.32. The average molecular weight is 379 g/mol. The second-order valence-electron chi connectivity index (χ2n) is 8.23. The molecule has 146 valence electrons. The number of hydrogen-bond donors (Lipinski definition) is 3. The van der Waals surface area contributed by atoms with Crippen LogP contribution in [0.25, 0.3) is 22.0 Å². The Hall–Kier alpha value is -2.47. The summed E-state index contributed by atoms with van der Waals surface area (Å²) in [5.74, 6) is 1.36. The highest BCUT2D eigenvalue weighted by Gasteiger charge is 2.29. The van der Waals surface area contributed by atoms with Crippen molar-refractivity contribution in [2.45, 2.75) is 51.2 Å². The normalized spacial score (nSPS) is 22.5. The number of aromatic nitrogens is 3. The second kappa shape index (κ2) is 6.85. The molecule has 0 bridgehead atoms. The van der Waals surface area contributed by atoms with E-state index < -0.39 is 6.17 Å². The van der Waals surface area contributed by atoms with Crippen molar-refractivity contribution in [1.29, 1.82) is 0 Å². The lowest BCUT2D eigenvalue weighted by Crippen LogP contribution is -2.45. The van der Waals surface area contributed by atoms with Gasteiger partial charge in [-0.1, -0.05) is 0 Å². The van der Waals surface area contributed by atoms with Crippen molar-refractivity contribution in [3.8, 4) is 11.1 Å². The van der Waals surface area contributed by atoms with Gasteiger partial charge in [0.1, 0.15) is 6.17 Å². The molecule has 0 amide bonds. The number of pyridine rings is 1. The number of alkyl halides is 1. The third-order valence-electron chi connectivity index (χ3n) is 5.87. The number of halogens is 1. The van der Waals surface area contributed by atoms with Gasteiger partial charge >= 0.3 is 0 Å². The standard InChI is InChI=1S/C22H26FN5/c1-12-7-15(8-13(2)25-12)17-10-21-18(9-16(17)14-3-4-14)22(28-27-21)26-20-5-6-24-11-19(20)23/h7-10,14,19-20,24H,3-6,11H2,1-2H3,(H2,26,27,28)/t19-,20-/m0/s1. The topological polar surface area (TPSA) is 65.6 Å². The number of nitrogens with one attached hydrogen (secondary N) is 3. The first-order valence-electron chi connectivity index (χ1n) is 10.2. The van der Waals surface area contributed by atoms with Crippen LogP contribution in [-0.2, 0) is 0 Å². The molecule has 2 atom stereocenters. The van der Waals surface area contributed by atoms with Crippen molar-refractivity contribution in [3.05, 3.63) is 41.2 Å². The molecule has 0 spiro atoms. The van der Waals surface area contributed by atoms with Gasteiger partial charge in [0.05, 0.1) is 11.6 Å². The largest absolute Gasteiger partial charge is 0.362 e. The SMILES string of the molecule is Cc1cc(-c2cc3[nH]nc(N[C@H]4CCNC[C@@H]4F)c3cc2C2CC2)cc(C)n1. The van der Waals surface area contributed by atoms with E-state index >= 15 is 0 Å². The maximum atomic E-state index is 14.2. The predicted molar refractivity (Wildman–Crippen MR) is 111 cm³/mol. The van der Waals surface area contributed by atoms with Crippen molar-refractivity contribution < 1.29 is 4.39 Å². The monoisotopic (exact) mass is 379 g/mol. The summed E-state index contributed by atoms with van der Waals surface area (Å²) in [6, 6.07) is 8.57. The molecule has 2 aromatic heterocycles. The molecule has 1 aromatic carbocycles. The van der Waals surface area contributed by atoms with Crippen molar-refractivity contribution >= 4 is 16.7 Å². The molecule has 1 aliphatic carbocycles. The molecule has 0 radical (unpaired) electrons. The molecule has 5 rings (SSSR count). The van der Waals surface area contributed by atoms with Crippen molar-refractivity contribution in [2.75, 3.05) is 18.4 Å². The Labute approximate surface area is 164 Å². The van der Waals surface area contributed by atoms with Crippen LogP contribution in [-0.4, -0.2) is 40.5 Å². The van der Waals surface area contributed by atoms with Crippen LogP contribution in [0.3, 0.4) is 0 Å². The fourth-order valence-electron chi connectivity index (χ4n) is 4.32. The number of aryl methyl sites for hydroxylation is 2. The molecule has 5 nitrogen and oxygen atoms in total. The Bertz CT molecular complexity index is 1000. The zero-order valence-corrected chi connectivity index (χ0v) is 16.3. The number of anilines is 1. The van der Waals surface area contributed by atoms with E-state index in [-0.39, 0.29) is 6.04 Å². The molecular weight excluding hydrogens is 353 g/mol. The van der Waals surface area contributed by atoms with Gasteiger partial charge in [-0.25, -0.2) is 4.39 Å². The molecule has 0 unspecified atom stereocenters. The summed E-state index contributed by atoms with van der Waals surface area (Å²) in [5, 5.41) is 15.1. The summed E-state index contributed by atoms with van der Waals surface area (Å²) in [4.78, 5) is 4.52. The number of benzene rings is 1. The van der Waals surface area contributed by atoms with Crippen molar-refractivity contribution in [2.24, 2.45) is 0 Å². The first kappa shape index (κ1) is 17.6. The van der Waals surface area contributed by atoms with Crippen LogP contribution in [0.4, 0.5) is 10.2 Å². The van der Waals surface area contributed by atoms with Crippen LogP contribution in [0, 0.1) is 13.8 Å². The zero-order chi connectivity index (χ0) is 19.3. The van der Waals surface area contributed by atoms with E-state index in [1.54, 1.807) is 0 Å². The molecule has 6 heteroatoms. The molecule has 2 fully saturated rings. The summed E-state index contributed by atoms with van der Waals surface area (Å²) in [5.41, 5.74) is 6.87. The first-order chi connectivity index (χ1) is 13.6. The van der Waals surface area contributed by atoms with Gasteiger partial charge in [0.15, 0.2) is 5.82 Å². The van der Waals surface area contributed by atoms with Crippen LogP contribution in [0.5, 0.6) is 0 Å². The predicted octanol–water partition coefficient (Wildman–Crippen LogP) is 4.23. The van der Waals surface area contributed by atoms with Gasteiger partial charge in [-0.2, -0.15) is 5.10 Å². The minimum Gasteiger partial charge on any atom is -0.362 e. The Kier molecular flexibility index (Phi) is 4.31. The first-order valence-corrected chi connectivity index (χ1v) is 10.2. The van der Waals surface area contributed by atoms with Gasteiger partial charge in [0, 0.05) is 23.3 Å². The average Bonchev–Trinajstić information content (AvgIpc) is 3.44. The number of fused-ring (bicyclic) bond motifs is 1. The van der Waals surface area contributed by atoms with Gasteiger partial charge in [-0.15, -0.1) is 0 Å². The lowest BCUT2D eigenvalue weighted by molar-refractivity contribution is 0.244. The number of rotatable bonds is 4. The van der Waals surface area contributed by atoms with E-state index in [9.17, 15) is 4.39 Å². The third kappa shape index (κ3) is 3.26. The lowest BCUT2D eigenvalue weighted by atomic mass is 9.94. The Morgan fingerprint density at radius 1 is 1.07 bits per heavy atom. The van der Waals surface area contributed by atoms with Crippen LogP contribution >= 0.6 is 0 Å². The Morgan fingerprint density at radius 3 is 2.57 bits per heavy atom. The van der Waals surface area contributed by atoms with Gasteiger partial charge < -0.3 is 10.6 Å². The maximum absolute atomic E-state index is 14.2. The fourth-order valence-corrected chi connectivity index (χ4v) is 4.32. The number of nitrogens with zero attached hydrogens (tertiary/aromatic N) is 2. The summed E-state index contributed by atoms with van der Waals surface area (Å²) >= 11 is 0. The van der Waals surface area contributed by atoms with Crippen LogP contribution < -0.4 is 10.6 Å². The van der Waals surface area contributed by atoms with E-state index in [2.05, 4.69) is 50.1 Å². The van der Waals surface area contributed by atoms with E-state index in [4.69, 9.17) is 0 Å². The van der Waals surface area contributed by atoms with Gasteiger partial charge in [0.25, 0.3) is 0 Å². The van der Waals surface area contributed by atoms with Crippen molar-refractivity contribution in [3.63, 3.8) is 0 Å². The molecule has 3 heterocycles. The fraction of sp³-hybridized carbons (Fsp3) is 0.455. The molecule has 3 aromatic rings. The molecule has 1 saturated carbocycles. The summed E-state index contributed by atoms with van der Waals surface area (Å²) < 4.78 is 14.2. The second-order valence-corrected chi connectivity index (χ2v) is 8.23. The molecule has 1 saturated heterocycles. The van der Waals surface area contributed by atoms with E-state index in [0.29, 0.717) is 12.5 Å². The minimum atomic E-state index is -0.898. The molecule has 1 aliphatic heterocycles. The van der Waals surface area contributed by atoms with E-state index in [1.165, 1.54) is 29.5 Å². The Morgan fingerprint density at radius 2 is 1.86 bits per heavy atom. The molecule has 3 N–H and O–H groups in total. The molecule has 28 heavy (non-hydrogen) atoms. The smallest absolute Gasteiger partial charge is 0.156 e. The van der Waals surface area contributed by atoms with E-state index in [1.807, 2.05) is 13.8 Å². The minimum absolute atomic E-state index is 0.192. The molecule has 2 aliphatic rings. The Balaban J connectivity index is 1.57. The summed E-state index contributed by atoms with van der Waals surface area (Å²) in [6.45, 7) is 5.31. The maximum Gasteiger partial charge on any atom is 0.156 e. The lowest BCUT2D eigenvalue weighted by Gasteiger charge is -2.27. The quantitative estimate of drug-likeness (QED) is 0.635. The third-order valence-corrected chi connectivity index (χ3v) is 5.87. The van der Waals surface area contributed by atoms with E-state index in [0.717, 1.165) is 41.1 Å². The highest BCUT2D eigenvalue weighted by molar-refractivity contribution is 5.94. The number of piperidine rings is 1. The number of hydrogen-bond acceptors (Lipinski definition) is 4. The van der Waals surface area contributed by atoms with Gasteiger partial charge in [-0.3, -0.25) is 10.1 Å². The van der Waals surface area contributed by atoms with Crippen LogP contribution in [0.15, 0.2) is 24.3 Å². The van der Waals surface area contributed by atoms with Crippen LogP contribution in [0.1, 0.15) is 42.1 Å². The number of H-pyrrole nitrogens is 1. The highest BCUT2D eigenvalue weighted by Crippen LogP contribution is 2.46. The molecular formula is C22H26FN5. The van der Waals surface area contributed by atoms with Gasteiger partial charge in [-0.05, 0) is 86.5 Å². The summed E-state index contributed by atoms with van der Waals surface area (Å²) in [7, 11) is 0. The van der Waals surface area contributed by atoms with Crippen LogP contribution in [0.2, 0.25) is 0 Å².